The van der Waals surface area contributed by atoms with Crippen molar-refractivity contribution in [1.82, 2.24) is 15.2 Å². The molecule has 1 aromatic heterocycles. The van der Waals surface area contributed by atoms with Crippen LogP contribution in [0.5, 0.6) is 5.88 Å². The van der Waals surface area contributed by atoms with Crippen molar-refractivity contribution < 1.29 is 19.1 Å². The third-order valence-electron chi connectivity index (χ3n) is 7.13. The van der Waals surface area contributed by atoms with Crippen molar-refractivity contribution >= 4 is 23.9 Å². The van der Waals surface area contributed by atoms with E-state index >= 15 is 0 Å². The maximum absolute atomic E-state index is 13.0. The van der Waals surface area contributed by atoms with Crippen LogP contribution in [0.2, 0.25) is 0 Å². The van der Waals surface area contributed by atoms with Crippen LogP contribution in [0.25, 0.3) is 6.08 Å². The molecule has 3 aliphatic rings. The molecular formula is C26H28N4O4. The van der Waals surface area contributed by atoms with E-state index in [2.05, 4.69) is 10.3 Å². The number of benzene rings is 1. The van der Waals surface area contributed by atoms with Crippen LogP contribution in [-0.2, 0) is 4.79 Å². The van der Waals surface area contributed by atoms with Crippen molar-refractivity contribution in [2.45, 2.75) is 57.2 Å². The zero-order valence-corrected chi connectivity index (χ0v) is 19.1. The first kappa shape index (κ1) is 22.1. The number of nitrogens with zero attached hydrogens (tertiary/aromatic N) is 2. The monoisotopic (exact) mass is 460 g/mol. The Balaban J connectivity index is 1.14. The van der Waals surface area contributed by atoms with Crippen molar-refractivity contribution in [2.75, 3.05) is 0 Å². The first-order chi connectivity index (χ1) is 16.3. The molecule has 4 amide bonds. The summed E-state index contributed by atoms with van der Waals surface area (Å²) in [5.74, 6) is -0.443. The van der Waals surface area contributed by atoms with Crippen LogP contribution in [0, 0.1) is 5.41 Å². The molecule has 1 atom stereocenters. The van der Waals surface area contributed by atoms with Gasteiger partial charge in [-0.3, -0.25) is 14.5 Å². The Morgan fingerprint density at radius 1 is 1.18 bits per heavy atom. The lowest BCUT2D eigenvalue weighted by molar-refractivity contribution is -0.140. The summed E-state index contributed by atoms with van der Waals surface area (Å²) in [4.78, 5) is 42.7. The second-order valence-electron chi connectivity index (χ2n) is 9.75. The molecule has 8 heteroatoms. The molecule has 3 N–H and O–H groups in total. The number of carbonyl (C=O) groups is 3. The van der Waals surface area contributed by atoms with E-state index in [1.165, 1.54) is 4.90 Å². The van der Waals surface area contributed by atoms with Gasteiger partial charge in [-0.15, -0.1) is 0 Å². The molecule has 176 valence electrons. The van der Waals surface area contributed by atoms with Gasteiger partial charge in [-0.2, -0.15) is 0 Å². The Hall–Kier alpha value is -3.68. The van der Waals surface area contributed by atoms with Gasteiger partial charge in [-0.05, 0) is 62.1 Å². The predicted octanol–water partition coefficient (Wildman–Crippen LogP) is 3.28. The summed E-state index contributed by atoms with van der Waals surface area (Å²) in [6.45, 7) is 1.98. The molecule has 2 aliphatic carbocycles. The molecule has 2 saturated carbocycles. The minimum atomic E-state index is -0.567. The number of pyridine rings is 1. The first-order valence-electron chi connectivity index (χ1n) is 11.6. The molecule has 8 nitrogen and oxygen atoms in total. The van der Waals surface area contributed by atoms with E-state index in [9.17, 15) is 14.4 Å². The van der Waals surface area contributed by atoms with Gasteiger partial charge in [0.15, 0.2) is 0 Å². The van der Waals surface area contributed by atoms with Crippen molar-refractivity contribution in [3.8, 4) is 5.88 Å². The van der Waals surface area contributed by atoms with Crippen LogP contribution in [0.15, 0.2) is 54.2 Å². The fraction of sp³-hybridized carbons (Fsp3) is 0.385. The van der Waals surface area contributed by atoms with Crippen LogP contribution >= 0.6 is 0 Å². The smallest absolute Gasteiger partial charge is 0.325 e. The predicted molar refractivity (Wildman–Crippen MR) is 126 cm³/mol. The second-order valence-corrected chi connectivity index (χ2v) is 9.75. The molecule has 1 spiro atoms. The molecule has 0 bridgehead atoms. The highest BCUT2D eigenvalue weighted by atomic mass is 16.5. The number of amides is 4. The van der Waals surface area contributed by atoms with E-state index in [4.69, 9.17) is 10.5 Å². The van der Waals surface area contributed by atoms with E-state index in [0.717, 1.165) is 36.8 Å². The quantitative estimate of drug-likeness (QED) is 0.616. The number of nitrogens with two attached hydrogens (primary N) is 1. The van der Waals surface area contributed by atoms with Crippen LogP contribution in [0.3, 0.4) is 0 Å². The molecule has 34 heavy (non-hydrogen) atoms. The summed E-state index contributed by atoms with van der Waals surface area (Å²) in [6, 6.07) is 12.3. The minimum absolute atomic E-state index is 0.0458. The average molecular weight is 461 g/mol. The number of aromatic nitrogens is 1. The summed E-state index contributed by atoms with van der Waals surface area (Å²) in [5, 5.41) is 2.86. The summed E-state index contributed by atoms with van der Waals surface area (Å²) >= 11 is 0. The summed E-state index contributed by atoms with van der Waals surface area (Å²) in [7, 11) is 0. The normalized spacial score (nSPS) is 28.3. The highest BCUT2D eigenvalue weighted by molar-refractivity contribution is 6.04. The zero-order valence-electron chi connectivity index (χ0n) is 19.1. The molecule has 2 heterocycles. The molecule has 0 radical (unpaired) electrons. The SMILES string of the molecule is C/C(=C\c1ccccc1)CC1NC(=O)N(C2CC3(CC(Oc4ncccc4C(N)=O)C3)C2)C1=O. The van der Waals surface area contributed by atoms with E-state index in [1.54, 1.807) is 18.3 Å². The maximum Gasteiger partial charge on any atom is 0.325 e. The lowest BCUT2D eigenvalue weighted by Crippen LogP contribution is -2.60. The number of ether oxygens (including phenoxy) is 1. The fourth-order valence-corrected chi connectivity index (χ4v) is 5.52. The Morgan fingerprint density at radius 3 is 2.62 bits per heavy atom. The molecule has 1 aliphatic heterocycles. The first-order valence-corrected chi connectivity index (χ1v) is 11.6. The number of nitrogens with one attached hydrogen (secondary N) is 1. The van der Waals surface area contributed by atoms with Gasteiger partial charge in [0.05, 0.1) is 0 Å². The van der Waals surface area contributed by atoms with Crippen LogP contribution in [0.1, 0.15) is 54.9 Å². The third kappa shape index (κ3) is 4.16. The Bertz CT molecular complexity index is 1150. The van der Waals surface area contributed by atoms with Gasteiger partial charge in [-0.25, -0.2) is 9.78 Å². The number of urea groups is 1. The highest BCUT2D eigenvalue weighted by Gasteiger charge is 2.58. The van der Waals surface area contributed by atoms with Gasteiger partial charge in [0.2, 0.25) is 5.88 Å². The van der Waals surface area contributed by atoms with E-state index < -0.39 is 11.9 Å². The molecule has 1 aromatic carbocycles. The summed E-state index contributed by atoms with van der Waals surface area (Å²) in [6.07, 6.45) is 7.24. The number of rotatable bonds is 7. The van der Waals surface area contributed by atoms with Crippen molar-refractivity contribution in [1.29, 1.82) is 0 Å². The van der Waals surface area contributed by atoms with Gasteiger partial charge in [0.1, 0.15) is 17.7 Å². The molecule has 1 saturated heterocycles. The van der Waals surface area contributed by atoms with Gasteiger partial charge in [-0.1, -0.05) is 42.0 Å². The zero-order chi connectivity index (χ0) is 23.9. The number of hydrogen-bond donors (Lipinski definition) is 2. The van der Waals surface area contributed by atoms with E-state index in [0.29, 0.717) is 6.42 Å². The van der Waals surface area contributed by atoms with Crippen LogP contribution in [-0.4, -0.2) is 45.9 Å². The van der Waals surface area contributed by atoms with Gasteiger partial charge >= 0.3 is 6.03 Å². The highest BCUT2D eigenvalue weighted by Crippen LogP contribution is 2.58. The van der Waals surface area contributed by atoms with E-state index in [-0.39, 0.29) is 40.9 Å². The molecule has 2 aromatic rings. The standard InChI is InChI=1S/C26H28N4O4/c1-16(10-17-6-3-2-4-7-17)11-21-24(32)30(25(33)29-21)18-12-26(13-18)14-19(15-26)34-23-20(22(27)31)8-5-9-28-23/h2-10,18-19,21H,11-15H2,1H3,(H2,27,31)(H,29,33)/b16-10+. The Labute approximate surface area is 198 Å². The lowest BCUT2D eigenvalue weighted by atomic mass is 9.52. The Morgan fingerprint density at radius 2 is 1.91 bits per heavy atom. The largest absolute Gasteiger partial charge is 0.474 e. The number of imide groups is 1. The van der Waals surface area contributed by atoms with Crippen LogP contribution in [0.4, 0.5) is 4.79 Å². The summed E-state index contributed by atoms with van der Waals surface area (Å²) < 4.78 is 5.91. The molecular weight excluding hydrogens is 432 g/mol. The van der Waals surface area contributed by atoms with Gasteiger partial charge < -0.3 is 15.8 Å². The second kappa shape index (κ2) is 8.59. The van der Waals surface area contributed by atoms with Crippen LogP contribution < -0.4 is 15.8 Å². The number of hydrogen-bond acceptors (Lipinski definition) is 5. The average Bonchev–Trinajstić information content (AvgIpc) is 3.02. The molecule has 1 unspecified atom stereocenters. The summed E-state index contributed by atoms with van der Waals surface area (Å²) in [5.41, 5.74) is 7.87. The maximum atomic E-state index is 13.0. The van der Waals surface area contributed by atoms with Crippen molar-refractivity contribution in [3.63, 3.8) is 0 Å². The lowest BCUT2D eigenvalue weighted by Gasteiger charge is -2.58. The Kier molecular flexibility index (Phi) is 5.59. The minimum Gasteiger partial charge on any atom is -0.474 e. The topological polar surface area (TPSA) is 115 Å². The number of primary amides is 1. The van der Waals surface area contributed by atoms with E-state index in [1.807, 2.05) is 43.3 Å². The van der Waals surface area contributed by atoms with Gasteiger partial charge in [0, 0.05) is 12.2 Å². The fourth-order valence-electron chi connectivity index (χ4n) is 5.52. The van der Waals surface area contributed by atoms with Crippen molar-refractivity contribution in [2.24, 2.45) is 11.1 Å². The molecule has 3 fully saturated rings. The molecule has 5 rings (SSSR count). The number of carbonyl (C=O) groups excluding carboxylic acids is 3. The van der Waals surface area contributed by atoms with Crippen molar-refractivity contribution in [3.05, 3.63) is 65.4 Å². The third-order valence-corrected chi connectivity index (χ3v) is 7.13. The van der Waals surface area contributed by atoms with Gasteiger partial charge in [0.25, 0.3) is 11.8 Å².